The van der Waals surface area contributed by atoms with Crippen LogP contribution in [0, 0.1) is 10.5 Å². The average Bonchev–Trinajstić information content (AvgIpc) is 3.02. The highest BCUT2D eigenvalue weighted by Crippen LogP contribution is 2.26. The molecule has 0 atom stereocenters. The summed E-state index contributed by atoms with van der Waals surface area (Å²) in [7, 11) is 0. The first-order chi connectivity index (χ1) is 11.5. The molecule has 0 aliphatic carbocycles. The van der Waals surface area contributed by atoms with Crippen LogP contribution in [0.4, 0.5) is 5.69 Å². The molecule has 0 unspecified atom stereocenters. The summed E-state index contributed by atoms with van der Waals surface area (Å²) in [6, 6.07) is 16.5. The summed E-state index contributed by atoms with van der Waals surface area (Å²) in [4.78, 5) is 15.4. The molecule has 120 valence electrons. The Hall–Kier alpha value is -2.41. The van der Waals surface area contributed by atoms with Crippen LogP contribution in [0.1, 0.15) is 21.7 Å². The van der Waals surface area contributed by atoms with Gasteiger partial charge in [-0.15, -0.1) is 0 Å². The molecule has 1 N–H and O–H groups in total. The third-order valence-corrected chi connectivity index (χ3v) is 4.46. The molecular formula is C19H14INO3. The number of nitrogens with zero attached hydrogens (tertiary/aromatic N) is 1. The average molecular weight is 431 g/mol. The maximum atomic E-state index is 11.0. The topological polar surface area (TPSA) is 62.8 Å². The summed E-state index contributed by atoms with van der Waals surface area (Å²) in [5, 5.41) is 9.03. The molecule has 2 aromatic carbocycles. The number of aliphatic imine (C=N–C) groups is 1. The van der Waals surface area contributed by atoms with Gasteiger partial charge in [0.15, 0.2) is 0 Å². The Kier molecular flexibility index (Phi) is 4.80. The fourth-order valence-corrected chi connectivity index (χ4v) is 2.86. The molecule has 4 nitrogen and oxygen atoms in total. The van der Waals surface area contributed by atoms with Crippen LogP contribution in [-0.4, -0.2) is 17.3 Å². The van der Waals surface area contributed by atoms with Gasteiger partial charge in [0.05, 0.1) is 17.5 Å². The van der Waals surface area contributed by atoms with Crippen LogP contribution in [0.2, 0.25) is 0 Å². The molecule has 3 aromatic rings. The Morgan fingerprint density at radius 1 is 1.17 bits per heavy atom. The van der Waals surface area contributed by atoms with Crippen LogP contribution in [0.5, 0.6) is 0 Å². The second-order valence-corrected chi connectivity index (χ2v) is 6.41. The highest BCUT2D eigenvalue weighted by molar-refractivity contribution is 14.1. The van der Waals surface area contributed by atoms with Gasteiger partial charge in [0.25, 0.3) is 0 Å². The van der Waals surface area contributed by atoms with E-state index in [0.29, 0.717) is 11.5 Å². The first-order valence-electron chi connectivity index (χ1n) is 7.27. The molecule has 0 aliphatic rings. The van der Waals surface area contributed by atoms with Crippen molar-refractivity contribution in [3.8, 4) is 11.3 Å². The van der Waals surface area contributed by atoms with Crippen molar-refractivity contribution in [1.29, 1.82) is 0 Å². The minimum absolute atomic E-state index is 0.267. The number of halogens is 1. The third kappa shape index (κ3) is 3.56. The molecule has 1 aromatic heterocycles. The number of hydrogen-bond acceptors (Lipinski definition) is 3. The van der Waals surface area contributed by atoms with E-state index in [4.69, 9.17) is 9.52 Å². The number of hydrogen-bond donors (Lipinski definition) is 1. The van der Waals surface area contributed by atoms with E-state index in [0.717, 1.165) is 20.4 Å². The lowest BCUT2D eigenvalue weighted by atomic mass is 10.0. The van der Waals surface area contributed by atoms with Crippen LogP contribution in [0.25, 0.3) is 11.3 Å². The van der Waals surface area contributed by atoms with Gasteiger partial charge in [-0.1, -0.05) is 18.2 Å². The number of rotatable bonds is 4. The third-order valence-electron chi connectivity index (χ3n) is 3.55. The predicted octanol–water partition coefficient (Wildman–Crippen LogP) is 5.31. The SMILES string of the molecule is Cc1cc(C(=O)O)ccc1-c1ccc(C=Nc2ccccc2I)o1. The number of furan rings is 1. The summed E-state index contributed by atoms with van der Waals surface area (Å²) in [6.45, 7) is 1.87. The minimum atomic E-state index is -0.936. The first-order valence-corrected chi connectivity index (χ1v) is 8.35. The van der Waals surface area contributed by atoms with Crippen molar-refractivity contribution in [2.45, 2.75) is 6.92 Å². The number of aryl methyl sites for hydroxylation is 1. The summed E-state index contributed by atoms with van der Waals surface area (Å²) in [6.07, 6.45) is 1.68. The normalized spacial score (nSPS) is 11.1. The summed E-state index contributed by atoms with van der Waals surface area (Å²) < 4.78 is 6.88. The Labute approximate surface area is 153 Å². The highest BCUT2D eigenvalue weighted by Gasteiger charge is 2.10. The minimum Gasteiger partial charge on any atom is -0.478 e. The van der Waals surface area contributed by atoms with E-state index in [1.54, 1.807) is 24.4 Å². The molecule has 0 saturated heterocycles. The van der Waals surface area contributed by atoms with E-state index in [9.17, 15) is 4.79 Å². The lowest BCUT2D eigenvalue weighted by Crippen LogP contribution is -1.96. The molecule has 0 radical (unpaired) electrons. The zero-order valence-corrected chi connectivity index (χ0v) is 15.0. The number of carbonyl (C=O) groups is 1. The molecule has 1 heterocycles. The Morgan fingerprint density at radius 3 is 2.67 bits per heavy atom. The number of benzene rings is 2. The fraction of sp³-hybridized carbons (Fsp3) is 0.0526. The maximum absolute atomic E-state index is 11.0. The van der Waals surface area contributed by atoms with Crippen LogP contribution in [0.3, 0.4) is 0 Å². The fourth-order valence-electron chi connectivity index (χ4n) is 2.33. The Morgan fingerprint density at radius 2 is 1.96 bits per heavy atom. The van der Waals surface area contributed by atoms with Gasteiger partial charge in [-0.05, 0) is 71.5 Å². The number of aromatic carboxylic acids is 1. The first kappa shape index (κ1) is 16.4. The van der Waals surface area contributed by atoms with Gasteiger partial charge < -0.3 is 9.52 Å². The summed E-state index contributed by atoms with van der Waals surface area (Å²) in [5.74, 6) is 0.398. The summed E-state index contributed by atoms with van der Waals surface area (Å²) >= 11 is 2.24. The lowest BCUT2D eigenvalue weighted by Gasteiger charge is -2.03. The van der Waals surface area contributed by atoms with Crippen molar-refractivity contribution in [2.24, 2.45) is 4.99 Å². The standard InChI is InChI=1S/C19H14INO3/c1-12-10-13(19(22)23)6-8-15(12)18-9-7-14(24-18)11-21-17-5-3-2-4-16(17)20/h2-11H,1H3,(H,22,23). The molecule has 0 amide bonds. The number of carboxylic acids is 1. The molecule has 0 saturated carbocycles. The van der Waals surface area contributed by atoms with E-state index in [-0.39, 0.29) is 5.56 Å². The van der Waals surface area contributed by atoms with E-state index in [1.807, 2.05) is 43.3 Å². The highest BCUT2D eigenvalue weighted by atomic mass is 127. The molecule has 0 bridgehead atoms. The molecule has 5 heteroatoms. The van der Waals surface area contributed by atoms with E-state index >= 15 is 0 Å². The van der Waals surface area contributed by atoms with Crippen LogP contribution >= 0.6 is 22.6 Å². The predicted molar refractivity (Wildman–Crippen MR) is 102 cm³/mol. The Balaban J connectivity index is 1.86. The van der Waals surface area contributed by atoms with Crippen molar-refractivity contribution in [3.63, 3.8) is 0 Å². The van der Waals surface area contributed by atoms with E-state index in [1.165, 1.54) is 0 Å². The van der Waals surface area contributed by atoms with Crippen molar-refractivity contribution >= 4 is 40.5 Å². The second-order valence-electron chi connectivity index (χ2n) is 5.25. The molecule has 0 spiro atoms. The quantitative estimate of drug-likeness (QED) is 0.450. The van der Waals surface area contributed by atoms with E-state index < -0.39 is 5.97 Å². The number of para-hydroxylation sites is 1. The van der Waals surface area contributed by atoms with Gasteiger partial charge in [-0.25, -0.2) is 4.79 Å². The zero-order chi connectivity index (χ0) is 17.1. The van der Waals surface area contributed by atoms with Gasteiger partial charge in [-0.3, -0.25) is 4.99 Å². The van der Waals surface area contributed by atoms with Gasteiger partial charge in [0, 0.05) is 9.13 Å². The van der Waals surface area contributed by atoms with Crippen molar-refractivity contribution in [3.05, 3.63) is 75.1 Å². The monoisotopic (exact) mass is 431 g/mol. The van der Waals surface area contributed by atoms with Gasteiger partial charge in [0.2, 0.25) is 0 Å². The molecule has 0 aliphatic heterocycles. The summed E-state index contributed by atoms with van der Waals surface area (Å²) in [5.41, 5.74) is 2.88. The largest absolute Gasteiger partial charge is 0.478 e. The maximum Gasteiger partial charge on any atom is 0.335 e. The van der Waals surface area contributed by atoms with Crippen molar-refractivity contribution in [2.75, 3.05) is 0 Å². The zero-order valence-electron chi connectivity index (χ0n) is 12.9. The molecular weight excluding hydrogens is 417 g/mol. The molecule has 24 heavy (non-hydrogen) atoms. The number of carboxylic acid groups (broad SMARTS) is 1. The lowest BCUT2D eigenvalue weighted by molar-refractivity contribution is 0.0697. The smallest absolute Gasteiger partial charge is 0.335 e. The van der Waals surface area contributed by atoms with Gasteiger partial charge >= 0.3 is 5.97 Å². The molecule has 3 rings (SSSR count). The van der Waals surface area contributed by atoms with E-state index in [2.05, 4.69) is 27.6 Å². The second kappa shape index (κ2) is 7.00. The van der Waals surface area contributed by atoms with Crippen LogP contribution in [0.15, 0.2) is 64.0 Å². The molecule has 0 fully saturated rings. The van der Waals surface area contributed by atoms with Gasteiger partial charge in [0.1, 0.15) is 11.5 Å². The van der Waals surface area contributed by atoms with Gasteiger partial charge in [-0.2, -0.15) is 0 Å². The van der Waals surface area contributed by atoms with Crippen LogP contribution < -0.4 is 0 Å². The van der Waals surface area contributed by atoms with Crippen LogP contribution in [-0.2, 0) is 0 Å². The Bertz CT molecular complexity index is 928. The van der Waals surface area contributed by atoms with Crippen molar-refractivity contribution < 1.29 is 14.3 Å². The van der Waals surface area contributed by atoms with Crippen molar-refractivity contribution in [1.82, 2.24) is 0 Å².